The highest BCUT2D eigenvalue weighted by molar-refractivity contribution is 7.73. The smallest absolute Gasteiger partial charge is 0.313 e. The largest absolute Gasteiger partial charge is 0.406 e. The van der Waals surface area contributed by atoms with Crippen LogP contribution in [0, 0.1) is 3.95 Å². The first-order valence-electron chi connectivity index (χ1n) is 6.87. The maximum absolute atomic E-state index is 13.0. The summed E-state index contributed by atoms with van der Waals surface area (Å²) < 4.78 is 40.3. The molecule has 0 amide bonds. The van der Waals surface area contributed by atoms with E-state index in [2.05, 4.69) is 0 Å². The van der Waals surface area contributed by atoms with Crippen molar-refractivity contribution in [3.63, 3.8) is 0 Å². The number of nitrogens with zero attached hydrogens (tertiary/aromatic N) is 1. The van der Waals surface area contributed by atoms with Crippen LogP contribution in [0.25, 0.3) is 21.7 Å². The standard InChI is InChI=1S/C17H12F3NS2/c18-17(19,20)11-21-14(12-7-3-1-4-8-12)15(23-16(21)22)13-9-5-2-6-10-13/h1-10H,11H2. The lowest BCUT2D eigenvalue weighted by molar-refractivity contribution is -0.140. The molecule has 3 aromatic rings. The normalized spacial score (nSPS) is 11.6. The van der Waals surface area contributed by atoms with Crippen molar-refractivity contribution in [3.05, 3.63) is 64.6 Å². The molecule has 0 aliphatic rings. The highest BCUT2D eigenvalue weighted by atomic mass is 32.1. The van der Waals surface area contributed by atoms with E-state index in [1.165, 1.54) is 15.9 Å². The van der Waals surface area contributed by atoms with Gasteiger partial charge in [0.2, 0.25) is 0 Å². The summed E-state index contributed by atoms with van der Waals surface area (Å²) in [7, 11) is 0. The molecular weight excluding hydrogens is 339 g/mol. The van der Waals surface area contributed by atoms with Gasteiger partial charge in [0, 0.05) is 0 Å². The van der Waals surface area contributed by atoms with Crippen molar-refractivity contribution in [1.29, 1.82) is 0 Å². The Morgan fingerprint density at radius 1 is 0.870 bits per heavy atom. The fourth-order valence-corrected chi connectivity index (χ4v) is 3.82. The second-order valence-corrected chi connectivity index (χ2v) is 6.62. The minimum atomic E-state index is -4.32. The molecule has 3 rings (SSSR count). The number of hydrogen-bond acceptors (Lipinski definition) is 2. The molecule has 0 bridgehead atoms. The average Bonchev–Trinajstić information content (AvgIpc) is 2.84. The van der Waals surface area contributed by atoms with Crippen LogP contribution in [0.4, 0.5) is 13.2 Å². The van der Waals surface area contributed by atoms with Crippen LogP contribution in [0.15, 0.2) is 60.7 Å². The van der Waals surface area contributed by atoms with Crippen LogP contribution < -0.4 is 0 Å². The van der Waals surface area contributed by atoms with E-state index in [1.807, 2.05) is 48.5 Å². The number of benzene rings is 2. The van der Waals surface area contributed by atoms with Gasteiger partial charge in [-0.05, 0) is 23.3 Å². The average molecular weight is 351 g/mol. The van der Waals surface area contributed by atoms with E-state index in [4.69, 9.17) is 12.2 Å². The summed E-state index contributed by atoms with van der Waals surface area (Å²) in [5.41, 5.74) is 2.11. The molecule has 23 heavy (non-hydrogen) atoms. The maximum atomic E-state index is 13.0. The van der Waals surface area contributed by atoms with E-state index in [1.54, 1.807) is 12.1 Å². The van der Waals surface area contributed by atoms with Crippen molar-refractivity contribution in [2.45, 2.75) is 12.7 Å². The second kappa shape index (κ2) is 6.29. The maximum Gasteiger partial charge on any atom is 0.406 e. The Labute approximate surface area is 140 Å². The lowest BCUT2D eigenvalue weighted by Gasteiger charge is -2.13. The molecular formula is C17H12F3NS2. The number of thiazole rings is 1. The topological polar surface area (TPSA) is 4.93 Å². The minimum absolute atomic E-state index is 0.222. The van der Waals surface area contributed by atoms with Gasteiger partial charge in [-0.25, -0.2) is 0 Å². The molecule has 1 nitrogen and oxygen atoms in total. The van der Waals surface area contributed by atoms with Gasteiger partial charge in [0.25, 0.3) is 0 Å². The Kier molecular flexibility index (Phi) is 4.37. The number of hydrogen-bond donors (Lipinski definition) is 0. The minimum Gasteiger partial charge on any atom is -0.313 e. The summed E-state index contributed by atoms with van der Waals surface area (Å²) >= 11 is 6.42. The highest BCUT2D eigenvalue weighted by Gasteiger charge is 2.31. The molecule has 0 saturated heterocycles. The summed E-state index contributed by atoms with van der Waals surface area (Å²) in [6.07, 6.45) is -4.32. The van der Waals surface area contributed by atoms with Crippen LogP contribution in [-0.4, -0.2) is 10.7 Å². The monoisotopic (exact) mass is 351 g/mol. The molecule has 118 valence electrons. The third kappa shape index (κ3) is 3.54. The molecule has 0 fully saturated rings. The highest BCUT2D eigenvalue weighted by Crippen LogP contribution is 2.39. The van der Waals surface area contributed by atoms with Gasteiger partial charge in [-0.15, -0.1) is 11.3 Å². The van der Waals surface area contributed by atoms with Crippen molar-refractivity contribution in [2.75, 3.05) is 0 Å². The van der Waals surface area contributed by atoms with E-state index >= 15 is 0 Å². The fourth-order valence-electron chi connectivity index (χ4n) is 2.40. The van der Waals surface area contributed by atoms with Gasteiger partial charge in [-0.2, -0.15) is 13.2 Å². The number of aromatic nitrogens is 1. The van der Waals surface area contributed by atoms with Crippen LogP contribution in [0.1, 0.15) is 0 Å². The summed E-state index contributed by atoms with van der Waals surface area (Å²) in [5, 5.41) is 0. The molecule has 0 saturated carbocycles. The van der Waals surface area contributed by atoms with Crippen LogP contribution in [-0.2, 0) is 6.54 Å². The molecule has 0 aliphatic heterocycles. The molecule has 1 aromatic heterocycles. The summed E-state index contributed by atoms with van der Waals surface area (Å²) in [6, 6.07) is 18.4. The molecule has 0 aliphatic carbocycles. The fraction of sp³-hybridized carbons (Fsp3) is 0.118. The SMILES string of the molecule is FC(F)(F)Cn1c(-c2ccccc2)c(-c2ccccc2)sc1=S. The molecule has 2 aromatic carbocycles. The van der Waals surface area contributed by atoms with E-state index in [9.17, 15) is 13.2 Å². The Balaban J connectivity index is 2.26. The first-order valence-corrected chi connectivity index (χ1v) is 8.09. The van der Waals surface area contributed by atoms with Crippen LogP contribution in [0.3, 0.4) is 0 Å². The van der Waals surface area contributed by atoms with Crippen LogP contribution in [0.5, 0.6) is 0 Å². The van der Waals surface area contributed by atoms with Crippen molar-refractivity contribution in [1.82, 2.24) is 4.57 Å². The van der Waals surface area contributed by atoms with E-state index in [-0.39, 0.29) is 3.95 Å². The zero-order chi connectivity index (χ0) is 16.4. The lowest BCUT2D eigenvalue weighted by Crippen LogP contribution is -2.18. The third-order valence-electron chi connectivity index (χ3n) is 3.32. The molecule has 0 N–H and O–H groups in total. The summed E-state index contributed by atoms with van der Waals surface area (Å²) in [6.45, 7) is -1.08. The molecule has 6 heteroatoms. The van der Waals surface area contributed by atoms with Gasteiger partial charge in [0.1, 0.15) is 6.54 Å². The third-order valence-corrected chi connectivity index (χ3v) is 4.81. The molecule has 0 spiro atoms. The molecule has 0 atom stereocenters. The zero-order valence-corrected chi connectivity index (χ0v) is 13.5. The predicted molar refractivity (Wildman–Crippen MR) is 90.1 cm³/mol. The van der Waals surface area contributed by atoms with Crippen molar-refractivity contribution in [2.24, 2.45) is 0 Å². The summed E-state index contributed by atoms with van der Waals surface area (Å²) in [5.74, 6) is 0. The van der Waals surface area contributed by atoms with Crippen molar-refractivity contribution >= 4 is 23.6 Å². The van der Waals surface area contributed by atoms with Crippen LogP contribution in [0.2, 0.25) is 0 Å². The molecule has 0 radical (unpaired) electrons. The van der Waals surface area contributed by atoms with Gasteiger partial charge in [-0.3, -0.25) is 0 Å². The first kappa shape index (κ1) is 16.0. The molecule has 0 unspecified atom stereocenters. The zero-order valence-electron chi connectivity index (χ0n) is 11.9. The predicted octanol–water partition coefficient (Wildman–Crippen LogP) is 6.18. The quantitative estimate of drug-likeness (QED) is 0.510. The first-order chi connectivity index (χ1) is 11.0. The Bertz CT molecular complexity index is 849. The van der Waals surface area contributed by atoms with E-state index in [0.717, 1.165) is 16.0 Å². The Morgan fingerprint density at radius 2 is 1.39 bits per heavy atom. The van der Waals surface area contributed by atoms with E-state index < -0.39 is 12.7 Å². The van der Waals surface area contributed by atoms with Crippen molar-refractivity contribution < 1.29 is 13.2 Å². The van der Waals surface area contributed by atoms with Gasteiger partial charge in [0.15, 0.2) is 3.95 Å². The van der Waals surface area contributed by atoms with Crippen molar-refractivity contribution in [3.8, 4) is 21.7 Å². The lowest BCUT2D eigenvalue weighted by atomic mass is 10.1. The van der Waals surface area contributed by atoms with Gasteiger partial charge >= 0.3 is 6.18 Å². The number of halogens is 3. The number of alkyl halides is 3. The molecule has 1 heterocycles. The second-order valence-electron chi connectivity index (χ2n) is 4.98. The Morgan fingerprint density at radius 3 is 1.91 bits per heavy atom. The van der Waals surface area contributed by atoms with Gasteiger partial charge in [-0.1, -0.05) is 60.7 Å². The summed E-state index contributed by atoms with van der Waals surface area (Å²) in [4.78, 5) is 0.756. The van der Waals surface area contributed by atoms with Gasteiger partial charge in [0.05, 0.1) is 10.6 Å². The van der Waals surface area contributed by atoms with Crippen LogP contribution >= 0.6 is 23.6 Å². The Hall–Kier alpha value is -1.92. The number of rotatable bonds is 3. The van der Waals surface area contributed by atoms with E-state index in [0.29, 0.717) is 5.69 Å². The van der Waals surface area contributed by atoms with Gasteiger partial charge < -0.3 is 4.57 Å².